The van der Waals surface area contributed by atoms with E-state index in [1.807, 2.05) is 19.1 Å². The van der Waals surface area contributed by atoms with E-state index in [2.05, 4.69) is 43.5 Å². The smallest absolute Gasteiger partial charge is 0.325 e. The molecule has 2 aliphatic rings. The minimum atomic E-state index is -0.804. The fourth-order valence-corrected chi connectivity index (χ4v) is 4.34. The molecule has 1 aromatic rings. The third-order valence-electron chi connectivity index (χ3n) is 6.18. The summed E-state index contributed by atoms with van der Waals surface area (Å²) in [5, 5.41) is 5.77. The first-order valence-corrected chi connectivity index (χ1v) is 10.7. The van der Waals surface area contributed by atoms with Crippen LogP contribution in [0.3, 0.4) is 0 Å². The molecular formula is C23H33N3O3. The van der Waals surface area contributed by atoms with Gasteiger partial charge < -0.3 is 10.6 Å². The van der Waals surface area contributed by atoms with Crippen LogP contribution in [-0.4, -0.2) is 34.8 Å². The van der Waals surface area contributed by atoms with Crippen molar-refractivity contribution in [2.45, 2.75) is 71.4 Å². The maximum Gasteiger partial charge on any atom is 0.325 e. The molecule has 0 radical (unpaired) electrons. The van der Waals surface area contributed by atoms with Gasteiger partial charge in [0.25, 0.3) is 5.91 Å². The van der Waals surface area contributed by atoms with Gasteiger partial charge in [-0.25, -0.2) is 4.79 Å². The number of rotatable bonds is 6. The molecule has 1 spiro atoms. The summed E-state index contributed by atoms with van der Waals surface area (Å²) in [5.41, 5.74) is 1.47. The average molecular weight is 400 g/mol. The van der Waals surface area contributed by atoms with Crippen LogP contribution in [0.4, 0.5) is 4.79 Å². The normalized spacial score (nSPS) is 25.4. The zero-order valence-corrected chi connectivity index (χ0v) is 18.0. The molecule has 0 bridgehead atoms. The van der Waals surface area contributed by atoms with Gasteiger partial charge in [-0.15, -0.1) is 0 Å². The lowest BCUT2D eigenvalue weighted by molar-refractivity contribution is -0.136. The monoisotopic (exact) mass is 399 g/mol. The summed E-state index contributed by atoms with van der Waals surface area (Å²) in [7, 11) is 0. The van der Waals surface area contributed by atoms with E-state index < -0.39 is 11.6 Å². The van der Waals surface area contributed by atoms with Crippen molar-refractivity contribution in [2.24, 2.45) is 11.8 Å². The Hall–Kier alpha value is -2.37. The average Bonchev–Trinajstić information content (AvgIpc) is 2.88. The van der Waals surface area contributed by atoms with Crippen LogP contribution >= 0.6 is 0 Å². The fourth-order valence-electron chi connectivity index (χ4n) is 4.34. The zero-order valence-electron chi connectivity index (χ0n) is 18.0. The summed E-state index contributed by atoms with van der Waals surface area (Å²) in [5.74, 6) is 0.581. The van der Waals surface area contributed by atoms with E-state index in [1.165, 1.54) is 5.56 Å². The van der Waals surface area contributed by atoms with Crippen LogP contribution < -0.4 is 10.6 Å². The van der Waals surface area contributed by atoms with E-state index in [0.29, 0.717) is 24.7 Å². The Labute approximate surface area is 173 Å². The van der Waals surface area contributed by atoms with E-state index in [-0.39, 0.29) is 24.4 Å². The van der Waals surface area contributed by atoms with E-state index in [1.54, 1.807) is 0 Å². The van der Waals surface area contributed by atoms with Crippen LogP contribution in [0.2, 0.25) is 0 Å². The number of amides is 4. The Morgan fingerprint density at radius 1 is 1.17 bits per heavy atom. The van der Waals surface area contributed by atoms with Crippen LogP contribution in [-0.2, 0) is 16.0 Å². The first-order chi connectivity index (χ1) is 13.7. The SMILES string of the molecule is CC(C)Cc1ccc(C(C)NC(=O)CN2C(=O)NC3(CCC(C)CC3)C2=O)cc1. The van der Waals surface area contributed by atoms with Crippen LogP contribution in [0.1, 0.15) is 70.5 Å². The molecule has 6 heteroatoms. The lowest BCUT2D eigenvalue weighted by Gasteiger charge is -2.33. The highest BCUT2D eigenvalue weighted by molar-refractivity contribution is 6.09. The predicted molar refractivity (Wildman–Crippen MR) is 112 cm³/mol. The maximum absolute atomic E-state index is 12.9. The van der Waals surface area contributed by atoms with Gasteiger partial charge in [0.15, 0.2) is 0 Å². The van der Waals surface area contributed by atoms with E-state index in [4.69, 9.17) is 0 Å². The van der Waals surface area contributed by atoms with E-state index in [9.17, 15) is 14.4 Å². The molecule has 2 fully saturated rings. The van der Waals surface area contributed by atoms with E-state index in [0.717, 1.165) is 29.7 Å². The Kier molecular flexibility index (Phi) is 6.30. The second-order valence-corrected chi connectivity index (χ2v) is 9.21. The molecule has 1 unspecified atom stereocenters. The Balaban J connectivity index is 1.57. The van der Waals surface area contributed by atoms with E-state index >= 15 is 0 Å². The molecule has 2 N–H and O–H groups in total. The van der Waals surface area contributed by atoms with Crippen molar-refractivity contribution in [1.29, 1.82) is 0 Å². The highest BCUT2D eigenvalue weighted by Gasteiger charge is 2.52. The van der Waals surface area contributed by atoms with Gasteiger partial charge in [-0.3, -0.25) is 14.5 Å². The van der Waals surface area contributed by atoms with Gasteiger partial charge in [0.05, 0.1) is 6.04 Å². The van der Waals surface area contributed by atoms with Crippen LogP contribution in [0.5, 0.6) is 0 Å². The van der Waals surface area contributed by atoms with Crippen molar-refractivity contribution in [3.05, 3.63) is 35.4 Å². The summed E-state index contributed by atoms with van der Waals surface area (Å²) >= 11 is 0. The van der Waals surface area contributed by atoms with Crippen molar-refractivity contribution in [3.63, 3.8) is 0 Å². The summed E-state index contributed by atoms with van der Waals surface area (Å²) in [6.45, 7) is 8.20. The number of hydrogen-bond acceptors (Lipinski definition) is 3. The summed E-state index contributed by atoms with van der Waals surface area (Å²) in [6, 6.07) is 7.57. The molecule has 1 aliphatic carbocycles. The predicted octanol–water partition coefficient (Wildman–Crippen LogP) is 3.56. The molecule has 1 aromatic carbocycles. The van der Waals surface area contributed by atoms with Crippen molar-refractivity contribution in [3.8, 4) is 0 Å². The third kappa shape index (κ3) is 4.80. The first kappa shape index (κ1) is 21.3. The van der Waals surface area contributed by atoms with Crippen LogP contribution in [0, 0.1) is 11.8 Å². The topological polar surface area (TPSA) is 78.5 Å². The molecule has 3 rings (SSSR count). The van der Waals surface area contributed by atoms with Crippen molar-refractivity contribution in [1.82, 2.24) is 15.5 Å². The molecule has 4 amide bonds. The minimum absolute atomic E-state index is 0.194. The second kappa shape index (κ2) is 8.56. The highest BCUT2D eigenvalue weighted by Crippen LogP contribution is 2.36. The summed E-state index contributed by atoms with van der Waals surface area (Å²) < 4.78 is 0. The molecule has 1 saturated carbocycles. The lowest BCUT2D eigenvalue weighted by Crippen LogP contribution is -2.50. The molecule has 1 heterocycles. The van der Waals surface area contributed by atoms with Gasteiger partial charge in [0.2, 0.25) is 5.91 Å². The molecule has 1 saturated heterocycles. The Morgan fingerprint density at radius 2 is 1.79 bits per heavy atom. The molecule has 29 heavy (non-hydrogen) atoms. The Morgan fingerprint density at radius 3 is 2.38 bits per heavy atom. The van der Waals surface area contributed by atoms with Gasteiger partial charge in [-0.2, -0.15) is 0 Å². The largest absolute Gasteiger partial charge is 0.348 e. The number of imide groups is 1. The lowest BCUT2D eigenvalue weighted by atomic mass is 9.77. The summed E-state index contributed by atoms with van der Waals surface area (Å²) in [6.07, 6.45) is 4.14. The van der Waals surface area contributed by atoms with Gasteiger partial charge in [0.1, 0.15) is 12.1 Å². The first-order valence-electron chi connectivity index (χ1n) is 10.7. The van der Waals surface area contributed by atoms with Gasteiger partial charge in [0, 0.05) is 0 Å². The van der Waals surface area contributed by atoms with Crippen molar-refractivity contribution < 1.29 is 14.4 Å². The number of urea groups is 1. The number of hydrogen-bond donors (Lipinski definition) is 2. The molecule has 0 aromatic heterocycles. The number of nitrogens with one attached hydrogen (secondary N) is 2. The van der Waals surface area contributed by atoms with Crippen molar-refractivity contribution >= 4 is 17.8 Å². The quantitative estimate of drug-likeness (QED) is 0.718. The minimum Gasteiger partial charge on any atom is -0.348 e. The molecule has 6 nitrogen and oxygen atoms in total. The van der Waals surface area contributed by atoms with Gasteiger partial charge >= 0.3 is 6.03 Å². The number of carbonyl (C=O) groups excluding carboxylic acids is 3. The summed E-state index contributed by atoms with van der Waals surface area (Å²) in [4.78, 5) is 38.8. The standard InChI is InChI=1S/C23H33N3O3/c1-15(2)13-18-5-7-19(8-6-18)17(4)24-20(27)14-26-21(28)23(25-22(26)29)11-9-16(3)10-12-23/h5-8,15-17H,9-14H2,1-4H3,(H,24,27)(H,25,29). The molecule has 1 aliphatic heterocycles. The number of benzene rings is 1. The molecule has 1 atom stereocenters. The zero-order chi connectivity index (χ0) is 21.2. The van der Waals surface area contributed by atoms with Crippen molar-refractivity contribution in [2.75, 3.05) is 6.54 Å². The third-order valence-corrected chi connectivity index (χ3v) is 6.18. The fraction of sp³-hybridized carbons (Fsp3) is 0.609. The highest BCUT2D eigenvalue weighted by atomic mass is 16.2. The number of carbonyl (C=O) groups is 3. The second-order valence-electron chi connectivity index (χ2n) is 9.21. The number of nitrogens with zero attached hydrogens (tertiary/aromatic N) is 1. The van der Waals surface area contributed by atoms with Crippen LogP contribution in [0.15, 0.2) is 24.3 Å². The Bertz CT molecular complexity index is 764. The van der Waals surface area contributed by atoms with Gasteiger partial charge in [-0.05, 0) is 62.0 Å². The molecule has 158 valence electrons. The molecular weight excluding hydrogens is 366 g/mol. The van der Waals surface area contributed by atoms with Gasteiger partial charge in [-0.1, -0.05) is 45.0 Å². The maximum atomic E-state index is 12.9. The van der Waals surface area contributed by atoms with Crippen LogP contribution in [0.25, 0.3) is 0 Å².